The van der Waals surface area contributed by atoms with E-state index in [9.17, 15) is 9.50 Å². The molecule has 0 amide bonds. The smallest absolute Gasteiger partial charge is 0.227 e. The quantitative estimate of drug-likeness (QED) is 0.932. The molecule has 2 aromatic rings. The van der Waals surface area contributed by atoms with Crippen LogP contribution in [0, 0.1) is 11.7 Å². The van der Waals surface area contributed by atoms with E-state index in [1.54, 1.807) is 0 Å². The molecule has 2 aromatic heterocycles. The van der Waals surface area contributed by atoms with Crippen LogP contribution in [0.3, 0.4) is 0 Å². The summed E-state index contributed by atoms with van der Waals surface area (Å²) in [7, 11) is 0. The third-order valence-electron chi connectivity index (χ3n) is 3.73. The summed E-state index contributed by atoms with van der Waals surface area (Å²) in [4.78, 5) is 8.18. The molecule has 0 aromatic carbocycles. The van der Waals surface area contributed by atoms with Gasteiger partial charge in [0.1, 0.15) is 11.5 Å². The highest BCUT2D eigenvalue weighted by atomic mass is 19.1. The van der Waals surface area contributed by atoms with Crippen LogP contribution >= 0.6 is 0 Å². The fourth-order valence-corrected chi connectivity index (χ4v) is 2.60. The Labute approximate surface area is 115 Å². The highest BCUT2D eigenvalue weighted by Crippen LogP contribution is 2.27. The lowest BCUT2D eigenvalue weighted by Crippen LogP contribution is -2.26. The highest BCUT2D eigenvalue weighted by Gasteiger charge is 2.25. The Hall–Kier alpha value is -1.82. The first-order valence-corrected chi connectivity index (χ1v) is 6.85. The second-order valence-corrected chi connectivity index (χ2v) is 5.19. The van der Waals surface area contributed by atoms with E-state index < -0.39 is 5.82 Å². The summed E-state index contributed by atoms with van der Waals surface area (Å²) >= 11 is 0. The maximum absolute atomic E-state index is 12.8. The van der Waals surface area contributed by atoms with Gasteiger partial charge in [0.05, 0.1) is 12.3 Å². The number of halogens is 1. The van der Waals surface area contributed by atoms with Gasteiger partial charge >= 0.3 is 0 Å². The summed E-state index contributed by atoms with van der Waals surface area (Å²) < 4.78 is 18.0. The number of hydrogen-bond donors (Lipinski definition) is 1. The van der Waals surface area contributed by atoms with Gasteiger partial charge in [-0.2, -0.15) is 4.98 Å². The van der Waals surface area contributed by atoms with Crippen molar-refractivity contribution in [2.24, 2.45) is 5.92 Å². The lowest BCUT2D eigenvalue weighted by Gasteiger charge is -2.26. The van der Waals surface area contributed by atoms with Gasteiger partial charge in [0.2, 0.25) is 11.7 Å². The molecule has 2 heterocycles. The molecule has 2 atom stereocenters. The van der Waals surface area contributed by atoms with Gasteiger partial charge in [0.15, 0.2) is 0 Å². The van der Waals surface area contributed by atoms with E-state index in [0.717, 1.165) is 31.9 Å². The third kappa shape index (κ3) is 2.85. The van der Waals surface area contributed by atoms with Crippen molar-refractivity contribution < 1.29 is 14.0 Å². The van der Waals surface area contributed by atoms with Crippen LogP contribution < -0.4 is 0 Å². The van der Waals surface area contributed by atoms with E-state index in [1.165, 1.54) is 12.1 Å². The molecule has 106 valence electrons. The van der Waals surface area contributed by atoms with Crippen molar-refractivity contribution in [2.45, 2.75) is 38.2 Å². The van der Waals surface area contributed by atoms with Gasteiger partial charge in [-0.05, 0) is 30.9 Å². The topological polar surface area (TPSA) is 72.0 Å². The highest BCUT2D eigenvalue weighted by molar-refractivity contribution is 5.47. The number of hydrogen-bond acceptors (Lipinski definition) is 5. The summed E-state index contributed by atoms with van der Waals surface area (Å²) in [6.07, 6.45) is 5.43. The van der Waals surface area contributed by atoms with Gasteiger partial charge in [0, 0.05) is 6.42 Å². The van der Waals surface area contributed by atoms with Crippen molar-refractivity contribution in [3.63, 3.8) is 0 Å². The molecule has 1 aliphatic rings. The van der Waals surface area contributed by atoms with Crippen LogP contribution in [0.2, 0.25) is 0 Å². The first kappa shape index (κ1) is 13.2. The molecule has 0 radical (unpaired) electrons. The summed E-state index contributed by atoms with van der Waals surface area (Å²) in [6, 6.07) is 2.82. The van der Waals surface area contributed by atoms with E-state index in [0.29, 0.717) is 23.8 Å². The van der Waals surface area contributed by atoms with Crippen molar-refractivity contribution in [1.29, 1.82) is 0 Å². The monoisotopic (exact) mass is 277 g/mol. The van der Waals surface area contributed by atoms with Gasteiger partial charge in [-0.1, -0.05) is 18.0 Å². The van der Waals surface area contributed by atoms with Crippen LogP contribution in [0.25, 0.3) is 11.5 Å². The van der Waals surface area contributed by atoms with E-state index in [2.05, 4.69) is 15.1 Å². The number of nitrogens with zero attached hydrogens (tertiary/aromatic N) is 3. The predicted molar refractivity (Wildman–Crippen MR) is 69.2 cm³/mol. The van der Waals surface area contributed by atoms with Crippen LogP contribution in [0.15, 0.2) is 22.9 Å². The maximum atomic E-state index is 12.8. The Bertz CT molecular complexity index is 570. The van der Waals surface area contributed by atoms with Crippen LogP contribution in [0.1, 0.15) is 31.6 Å². The molecule has 0 saturated heterocycles. The maximum Gasteiger partial charge on any atom is 0.227 e. The Balaban J connectivity index is 1.71. The zero-order valence-electron chi connectivity index (χ0n) is 11.0. The van der Waals surface area contributed by atoms with Crippen molar-refractivity contribution in [2.75, 3.05) is 0 Å². The minimum absolute atomic E-state index is 0.179. The molecule has 2 unspecified atom stereocenters. The van der Waals surface area contributed by atoms with Crippen molar-refractivity contribution in [3.05, 3.63) is 30.0 Å². The van der Waals surface area contributed by atoms with E-state index >= 15 is 0 Å². The van der Waals surface area contributed by atoms with Gasteiger partial charge in [-0.3, -0.25) is 0 Å². The minimum Gasteiger partial charge on any atom is -0.393 e. The molecule has 5 nitrogen and oxygen atoms in total. The van der Waals surface area contributed by atoms with E-state index in [4.69, 9.17) is 4.52 Å². The van der Waals surface area contributed by atoms with Crippen LogP contribution in [-0.2, 0) is 6.42 Å². The normalized spacial score (nSPS) is 22.9. The number of aromatic nitrogens is 3. The molecule has 3 rings (SSSR count). The van der Waals surface area contributed by atoms with Gasteiger partial charge in [-0.15, -0.1) is 0 Å². The number of aliphatic hydroxyl groups is 1. The first-order valence-electron chi connectivity index (χ1n) is 6.85. The first-order chi connectivity index (χ1) is 9.72. The second-order valence-electron chi connectivity index (χ2n) is 5.19. The Kier molecular flexibility index (Phi) is 3.73. The molecule has 1 fully saturated rings. The molecule has 1 N–H and O–H groups in total. The van der Waals surface area contributed by atoms with Gasteiger partial charge < -0.3 is 9.63 Å². The summed E-state index contributed by atoms with van der Waals surface area (Å²) in [6.45, 7) is 0. The molecule has 20 heavy (non-hydrogen) atoms. The summed E-state index contributed by atoms with van der Waals surface area (Å²) in [5.74, 6) is 0.628. The van der Waals surface area contributed by atoms with Crippen molar-refractivity contribution in [1.82, 2.24) is 15.1 Å². The van der Waals surface area contributed by atoms with Crippen molar-refractivity contribution in [3.8, 4) is 11.5 Å². The van der Waals surface area contributed by atoms with Crippen LogP contribution in [-0.4, -0.2) is 26.3 Å². The Morgan fingerprint density at radius 2 is 2.15 bits per heavy atom. The zero-order chi connectivity index (χ0) is 13.9. The average molecular weight is 277 g/mol. The lowest BCUT2D eigenvalue weighted by atomic mass is 9.84. The predicted octanol–water partition coefficient (Wildman–Crippen LogP) is 2.36. The molecular weight excluding hydrogens is 261 g/mol. The molecule has 6 heteroatoms. The summed E-state index contributed by atoms with van der Waals surface area (Å²) in [5, 5.41) is 13.8. The molecule has 1 saturated carbocycles. The Morgan fingerprint density at radius 3 is 2.90 bits per heavy atom. The second kappa shape index (κ2) is 5.66. The SMILES string of the molecule is OC1CCCCC1Cc1nc(-c2ccc(F)cn2)no1. The van der Waals surface area contributed by atoms with Gasteiger partial charge in [-0.25, -0.2) is 9.37 Å². The fourth-order valence-electron chi connectivity index (χ4n) is 2.60. The minimum atomic E-state index is -0.400. The number of rotatable bonds is 3. The molecule has 0 bridgehead atoms. The molecular formula is C14H16FN3O2. The van der Waals surface area contributed by atoms with E-state index in [-0.39, 0.29) is 12.0 Å². The fraction of sp³-hybridized carbons (Fsp3) is 0.500. The van der Waals surface area contributed by atoms with Gasteiger partial charge in [0.25, 0.3) is 0 Å². The van der Waals surface area contributed by atoms with E-state index in [1.807, 2.05) is 0 Å². The average Bonchev–Trinajstić information content (AvgIpc) is 2.91. The lowest BCUT2D eigenvalue weighted by molar-refractivity contribution is 0.0657. The summed E-state index contributed by atoms with van der Waals surface area (Å²) in [5.41, 5.74) is 0.477. The standard InChI is InChI=1S/C14H16FN3O2/c15-10-5-6-11(16-8-10)14-17-13(20-18-14)7-9-3-1-2-4-12(9)19/h5-6,8-9,12,19H,1-4,7H2. The number of aliphatic hydroxyl groups excluding tert-OH is 1. The van der Waals surface area contributed by atoms with Crippen LogP contribution in [0.4, 0.5) is 4.39 Å². The molecule has 0 aliphatic heterocycles. The van der Waals surface area contributed by atoms with Crippen molar-refractivity contribution >= 4 is 0 Å². The molecule has 0 spiro atoms. The Morgan fingerprint density at radius 1 is 1.30 bits per heavy atom. The third-order valence-corrected chi connectivity index (χ3v) is 3.73. The number of pyridine rings is 1. The molecule has 1 aliphatic carbocycles. The largest absolute Gasteiger partial charge is 0.393 e. The zero-order valence-corrected chi connectivity index (χ0v) is 11.0. The van der Waals surface area contributed by atoms with Crippen LogP contribution in [0.5, 0.6) is 0 Å².